The van der Waals surface area contributed by atoms with Gasteiger partial charge in [0.15, 0.2) is 0 Å². The number of allylic oxidation sites excluding steroid dienone is 2. The summed E-state index contributed by atoms with van der Waals surface area (Å²) in [5, 5.41) is 8.06. The summed E-state index contributed by atoms with van der Waals surface area (Å²) in [6.07, 6.45) is 6.06. The molecule has 0 bridgehead atoms. The van der Waals surface area contributed by atoms with Crippen LogP contribution in [0.15, 0.2) is 28.7 Å². The molecule has 0 aliphatic carbocycles. The fourth-order valence-corrected chi connectivity index (χ4v) is 2.51. The molecule has 8 heteroatoms. The lowest BCUT2D eigenvalue weighted by Crippen LogP contribution is -2.35. The Bertz CT molecular complexity index is 573. The topological polar surface area (TPSA) is 84.4 Å². The molecule has 0 aromatic carbocycles. The Morgan fingerprint density at radius 3 is 2.45 bits per heavy atom. The van der Waals surface area contributed by atoms with Gasteiger partial charge < -0.3 is 20.1 Å². The van der Waals surface area contributed by atoms with E-state index in [9.17, 15) is 4.79 Å². The largest absolute Gasteiger partial charge is 0.381 e. The third kappa shape index (κ3) is 10.4. The summed E-state index contributed by atoms with van der Waals surface area (Å²) in [7, 11) is 1.66. The highest BCUT2D eigenvalue weighted by Gasteiger charge is 2.16. The summed E-state index contributed by atoms with van der Waals surface area (Å²) in [6.45, 7) is 11.8. The standard InChI is InChI=1S/C21H38N4O4/c1-6-7-8-19(20-16-25(27-5)18(4)15-24-20)22-9-11-28-13-14-29-12-10-23-21(26)17(2)3/h8,15,17,22H,6-7,9-14,16H2,1-5H3,(H,23,26)/b19-8+. The first-order valence-corrected chi connectivity index (χ1v) is 10.4. The molecule has 0 atom stereocenters. The van der Waals surface area contributed by atoms with Crippen LogP contribution in [0.5, 0.6) is 0 Å². The number of nitrogens with one attached hydrogen (secondary N) is 2. The SMILES string of the molecule is CCC/C=C(/NCCOCCOCCNC(=O)C(C)C)C1=NC=C(C)N(OC)C1. The summed E-state index contributed by atoms with van der Waals surface area (Å²) in [5.74, 6) is 0.0454. The average molecular weight is 411 g/mol. The van der Waals surface area contributed by atoms with Gasteiger partial charge >= 0.3 is 0 Å². The lowest BCUT2D eigenvalue weighted by Gasteiger charge is -2.27. The van der Waals surface area contributed by atoms with Gasteiger partial charge in [0.2, 0.25) is 5.91 Å². The fourth-order valence-electron chi connectivity index (χ4n) is 2.51. The van der Waals surface area contributed by atoms with Crippen LogP contribution >= 0.6 is 0 Å². The Morgan fingerprint density at radius 1 is 1.21 bits per heavy atom. The van der Waals surface area contributed by atoms with E-state index in [-0.39, 0.29) is 11.8 Å². The van der Waals surface area contributed by atoms with Crippen molar-refractivity contribution in [1.29, 1.82) is 0 Å². The van der Waals surface area contributed by atoms with Crippen LogP contribution in [-0.4, -0.2) is 69.9 Å². The Kier molecular flexibility index (Phi) is 13.0. The molecule has 0 aromatic heterocycles. The van der Waals surface area contributed by atoms with Crippen molar-refractivity contribution in [3.8, 4) is 0 Å². The van der Waals surface area contributed by atoms with E-state index in [2.05, 4.69) is 28.6 Å². The van der Waals surface area contributed by atoms with E-state index in [4.69, 9.17) is 14.3 Å². The summed E-state index contributed by atoms with van der Waals surface area (Å²) >= 11 is 0. The second kappa shape index (κ2) is 15.0. The van der Waals surface area contributed by atoms with Crippen LogP contribution in [0.1, 0.15) is 40.5 Å². The van der Waals surface area contributed by atoms with Gasteiger partial charge in [-0.05, 0) is 13.3 Å². The Balaban J connectivity index is 2.22. The first-order chi connectivity index (χ1) is 14.0. The maximum Gasteiger partial charge on any atom is 0.222 e. The molecule has 166 valence electrons. The fraction of sp³-hybridized carbons (Fsp3) is 0.714. The van der Waals surface area contributed by atoms with E-state index in [1.807, 2.05) is 32.0 Å². The quantitative estimate of drug-likeness (QED) is 0.403. The minimum Gasteiger partial charge on any atom is -0.381 e. The number of carbonyl (C=O) groups excluding carboxylic acids is 1. The van der Waals surface area contributed by atoms with Gasteiger partial charge in [0.25, 0.3) is 0 Å². The van der Waals surface area contributed by atoms with Crippen LogP contribution in [-0.2, 0) is 19.1 Å². The number of nitrogens with zero attached hydrogens (tertiary/aromatic N) is 2. The van der Waals surface area contributed by atoms with Gasteiger partial charge in [0.1, 0.15) is 0 Å². The average Bonchev–Trinajstić information content (AvgIpc) is 2.71. The summed E-state index contributed by atoms with van der Waals surface area (Å²) in [5.41, 5.74) is 2.97. The minimum absolute atomic E-state index is 0.000657. The Hall–Kier alpha value is -1.90. The number of hydrogen-bond donors (Lipinski definition) is 2. The summed E-state index contributed by atoms with van der Waals surface area (Å²) in [4.78, 5) is 21.3. The van der Waals surface area contributed by atoms with E-state index < -0.39 is 0 Å². The maximum atomic E-state index is 11.4. The Labute approximate surface area is 175 Å². The van der Waals surface area contributed by atoms with Crippen molar-refractivity contribution < 1.29 is 19.1 Å². The number of amides is 1. The molecule has 0 aromatic rings. The summed E-state index contributed by atoms with van der Waals surface area (Å²) in [6, 6.07) is 0. The van der Waals surface area contributed by atoms with E-state index in [1.165, 1.54) is 0 Å². The van der Waals surface area contributed by atoms with Gasteiger partial charge in [-0.15, -0.1) is 0 Å². The molecule has 0 saturated heterocycles. The van der Waals surface area contributed by atoms with Crippen LogP contribution in [0.3, 0.4) is 0 Å². The van der Waals surface area contributed by atoms with Crippen molar-refractivity contribution in [2.24, 2.45) is 10.9 Å². The number of rotatable bonds is 15. The molecule has 1 heterocycles. The molecule has 29 heavy (non-hydrogen) atoms. The van der Waals surface area contributed by atoms with Crippen molar-refractivity contribution >= 4 is 11.6 Å². The summed E-state index contributed by atoms with van der Waals surface area (Å²) < 4.78 is 11.1. The molecule has 0 fully saturated rings. The van der Waals surface area contributed by atoms with Crippen molar-refractivity contribution in [2.75, 3.05) is 53.2 Å². The lowest BCUT2D eigenvalue weighted by molar-refractivity contribution is -0.124. The van der Waals surface area contributed by atoms with Crippen molar-refractivity contribution in [3.05, 3.63) is 23.7 Å². The zero-order chi connectivity index (χ0) is 21.5. The second-order valence-corrected chi connectivity index (χ2v) is 7.07. The van der Waals surface area contributed by atoms with Crippen LogP contribution in [0.2, 0.25) is 0 Å². The van der Waals surface area contributed by atoms with Crippen LogP contribution in [0, 0.1) is 5.92 Å². The third-order valence-corrected chi connectivity index (χ3v) is 4.27. The molecule has 0 radical (unpaired) electrons. The molecular weight excluding hydrogens is 372 g/mol. The third-order valence-electron chi connectivity index (χ3n) is 4.27. The van der Waals surface area contributed by atoms with Crippen LogP contribution in [0.25, 0.3) is 0 Å². The first kappa shape index (κ1) is 25.1. The van der Waals surface area contributed by atoms with Crippen molar-refractivity contribution in [2.45, 2.75) is 40.5 Å². The van der Waals surface area contributed by atoms with Crippen molar-refractivity contribution in [1.82, 2.24) is 15.7 Å². The number of unbranched alkanes of at least 4 members (excludes halogenated alkanes) is 1. The monoisotopic (exact) mass is 410 g/mol. The number of carbonyl (C=O) groups is 1. The van der Waals surface area contributed by atoms with E-state index in [0.717, 1.165) is 29.9 Å². The van der Waals surface area contributed by atoms with E-state index in [1.54, 1.807) is 7.11 Å². The molecule has 0 spiro atoms. The number of ether oxygens (including phenoxy) is 2. The molecule has 0 saturated carbocycles. The molecular formula is C21H38N4O4. The lowest BCUT2D eigenvalue weighted by atomic mass is 10.2. The Morgan fingerprint density at radius 2 is 1.86 bits per heavy atom. The normalized spacial score (nSPS) is 14.7. The highest BCUT2D eigenvalue weighted by Crippen LogP contribution is 2.13. The molecule has 1 aliphatic heterocycles. The van der Waals surface area contributed by atoms with Gasteiger partial charge in [-0.3, -0.25) is 19.7 Å². The number of hydrogen-bond acceptors (Lipinski definition) is 7. The van der Waals surface area contributed by atoms with E-state index in [0.29, 0.717) is 46.1 Å². The van der Waals surface area contributed by atoms with Crippen LogP contribution < -0.4 is 10.6 Å². The highest BCUT2D eigenvalue weighted by atomic mass is 16.7. The smallest absolute Gasteiger partial charge is 0.222 e. The predicted octanol–water partition coefficient (Wildman–Crippen LogP) is 2.24. The van der Waals surface area contributed by atoms with Gasteiger partial charge in [-0.25, -0.2) is 0 Å². The zero-order valence-corrected chi connectivity index (χ0v) is 18.6. The van der Waals surface area contributed by atoms with Gasteiger partial charge in [-0.2, -0.15) is 0 Å². The van der Waals surface area contributed by atoms with Gasteiger partial charge in [-0.1, -0.05) is 33.3 Å². The first-order valence-electron chi connectivity index (χ1n) is 10.4. The predicted molar refractivity (Wildman–Crippen MR) is 115 cm³/mol. The number of hydroxylamine groups is 2. The highest BCUT2D eigenvalue weighted by molar-refractivity contribution is 6.02. The van der Waals surface area contributed by atoms with Crippen LogP contribution in [0.4, 0.5) is 0 Å². The molecule has 0 unspecified atom stereocenters. The maximum absolute atomic E-state index is 11.4. The van der Waals surface area contributed by atoms with Gasteiger partial charge in [0, 0.05) is 25.2 Å². The van der Waals surface area contributed by atoms with Gasteiger partial charge in [0.05, 0.1) is 57.2 Å². The second-order valence-electron chi connectivity index (χ2n) is 7.07. The molecule has 1 rings (SSSR count). The minimum atomic E-state index is -0.000657. The van der Waals surface area contributed by atoms with E-state index >= 15 is 0 Å². The molecule has 8 nitrogen and oxygen atoms in total. The van der Waals surface area contributed by atoms with Crippen molar-refractivity contribution in [3.63, 3.8) is 0 Å². The number of aliphatic imine (C=N–C) groups is 1. The molecule has 1 amide bonds. The molecule has 2 N–H and O–H groups in total. The molecule has 1 aliphatic rings. The zero-order valence-electron chi connectivity index (χ0n) is 18.6.